The molecule has 0 aliphatic rings. The van der Waals surface area contributed by atoms with Gasteiger partial charge in [-0.15, -0.1) is 0 Å². The Balaban J connectivity index is 1.62. The summed E-state index contributed by atoms with van der Waals surface area (Å²) >= 11 is 0. The van der Waals surface area contributed by atoms with Gasteiger partial charge in [0.2, 0.25) is 0 Å². The third-order valence-electron chi connectivity index (χ3n) is 4.95. The standard InChI is InChI=1S/C28H24BNO/c1-23-19-20-27(30-21-11-14-24-12-5-2-6-13-24)28(22-23)31-29(25-15-7-3-8-16-25)26-17-9-4-10-18-26/h2-22H,1H3/b14-11+,30-21?. The van der Waals surface area contributed by atoms with Crippen LogP contribution in [0.3, 0.4) is 0 Å². The summed E-state index contributed by atoms with van der Waals surface area (Å²) in [6.45, 7) is 1.86. The van der Waals surface area contributed by atoms with Crippen LogP contribution in [0.1, 0.15) is 11.1 Å². The van der Waals surface area contributed by atoms with Gasteiger partial charge in [0.1, 0.15) is 11.4 Å². The van der Waals surface area contributed by atoms with Gasteiger partial charge in [-0.05, 0) is 47.2 Å². The van der Waals surface area contributed by atoms with Gasteiger partial charge in [-0.2, -0.15) is 0 Å². The number of aryl methyl sites for hydroxylation is 1. The second-order valence-electron chi connectivity index (χ2n) is 7.34. The molecule has 0 fully saturated rings. The Labute approximate surface area is 184 Å². The van der Waals surface area contributed by atoms with Crippen molar-refractivity contribution in [3.63, 3.8) is 0 Å². The van der Waals surface area contributed by atoms with Gasteiger partial charge in [0.25, 0.3) is 0 Å². The topological polar surface area (TPSA) is 21.6 Å². The van der Waals surface area contributed by atoms with Gasteiger partial charge in [0.15, 0.2) is 0 Å². The second kappa shape index (κ2) is 10.3. The van der Waals surface area contributed by atoms with E-state index in [-0.39, 0.29) is 6.92 Å². The fourth-order valence-electron chi connectivity index (χ4n) is 3.38. The molecule has 0 saturated heterocycles. The minimum atomic E-state index is -0.210. The molecule has 150 valence electrons. The van der Waals surface area contributed by atoms with Crippen molar-refractivity contribution in [2.75, 3.05) is 0 Å². The predicted molar refractivity (Wildman–Crippen MR) is 133 cm³/mol. The van der Waals surface area contributed by atoms with E-state index in [0.29, 0.717) is 0 Å². The van der Waals surface area contributed by atoms with E-state index in [1.165, 1.54) is 0 Å². The van der Waals surface area contributed by atoms with Gasteiger partial charge in [0.05, 0.1) is 0 Å². The van der Waals surface area contributed by atoms with Crippen LogP contribution in [0, 0.1) is 6.92 Å². The molecule has 3 heteroatoms. The lowest BCUT2D eigenvalue weighted by Crippen LogP contribution is -2.47. The Bertz CT molecular complexity index is 1120. The number of allylic oxidation sites excluding steroid dienone is 1. The lowest BCUT2D eigenvalue weighted by atomic mass is 9.55. The number of hydrogen-bond donors (Lipinski definition) is 0. The largest absolute Gasteiger partial charge is 0.550 e. The molecule has 2 nitrogen and oxygen atoms in total. The summed E-state index contributed by atoms with van der Waals surface area (Å²) in [7, 11) is 0. The van der Waals surface area contributed by atoms with Gasteiger partial charge in [-0.1, -0.05) is 103 Å². The molecule has 31 heavy (non-hydrogen) atoms. The summed E-state index contributed by atoms with van der Waals surface area (Å²) in [5.41, 5.74) is 5.29. The monoisotopic (exact) mass is 401 g/mol. The van der Waals surface area contributed by atoms with Crippen molar-refractivity contribution < 1.29 is 4.65 Å². The first-order chi connectivity index (χ1) is 15.3. The summed E-state index contributed by atoms with van der Waals surface area (Å²) < 4.78 is 6.58. The molecule has 0 atom stereocenters. The predicted octanol–water partition coefficient (Wildman–Crippen LogP) is 5.60. The normalized spacial score (nSPS) is 11.1. The average Bonchev–Trinajstić information content (AvgIpc) is 2.83. The molecule has 0 radical (unpaired) electrons. The molecule has 0 unspecified atom stereocenters. The summed E-state index contributed by atoms with van der Waals surface area (Å²) in [5.74, 6) is 0.766. The maximum atomic E-state index is 6.58. The van der Waals surface area contributed by atoms with Crippen molar-refractivity contribution in [3.8, 4) is 5.75 Å². The quantitative estimate of drug-likeness (QED) is 0.292. The highest BCUT2D eigenvalue weighted by Crippen LogP contribution is 2.29. The van der Waals surface area contributed by atoms with E-state index in [9.17, 15) is 0 Å². The highest BCUT2D eigenvalue weighted by atomic mass is 16.4. The molecule has 0 N–H and O–H groups in total. The molecule has 0 saturated carbocycles. The minimum absolute atomic E-state index is 0.210. The zero-order chi connectivity index (χ0) is 21.3. The molecule has 0 bridgehead atoms. The lowest BCUT2D eigenvalue weighted by Gasteiger charge is -2.18. The zero-order valence-electron chi connectivity index (χ0n) is 17.6. The summed E-state index contributed by atoms with van der Waals surface area (Å²) in [4.78, 5) is 4.67. The van der Waals surface area contributed by atoms with Gasteiger partial charge < -0.3 is 4.65 Å². The van der Waals surface area contributed by atoms with Gasteiger partial charge in [-0.3, -0.25) is 4.99 Å². The van der Waals surface area contributed by atoms with Crippen LogP contribution in [-0.2, 0) is 0 Å². The van der Waals surface area contributed by atoms with E-state index < -0.39 is 0 Å². The fraction of sp³-hybridized carbons (Fsp3) is 0.0357. The first-order valence-corrected chi connectivity index (χ1v) is 10.4. The van der Waals surface area contributed by atoms with Crippen molar-refractivity contribution in [3.05, 3.63) is 126 Å². The fourth-order valence-corrected chi connectivity index (χ4v) is 3.38. The molecule has 0 spiro atoms. The van der Waals surface area contributed by atoms with E-state index in [0.717, 1.165) is 33.5 Å². The molecule has 0 aromatic heterocycles. The van der Waals surface area contributed by atoms with E-state index in [1.54, 1.807) is 0 Å². The Morgan fingerprint density at radius 1 is 0.710 bits per heavy atom. The van der Waals surface area contributed by atoms with E-state index in [4.69, 9.17) is 4.65 Å². The van der Waals surface area contributed by atoms with Crippen LogP contribution in [-0.4, -0.2) is 13.1 Å². The summed E-state index contributed by atoms with van der Waals surface area (Å²) in [6.07, 6.45) is 5.80. The SMILES string of the molecule is Cc1ccc(N=C/C=C/c2ccccc2)c(OB(c2ccccc2)c2ccccc2)c1. The van der Waals surface area contributed by atoms with E-state index >= 15 is 0 Å². The van der Waals surface area contributed by atoms with Crippen molar-refractivity contribution in [2.24, 2.45) is 4.99 Å². The number of aliphatic imine (C=N–C) groups is 1. The molecule has 4 rings (SSSR count). The first kappa shape index (κ1) is 20.4. The van der Waals surface area contributed by atoms with Crippen LogP contribution >= 0.6 is 0 Å². The summed E-state index contributed by atoms with van der Waals surface area (Å²) in [6, 6.07) is 36.9. The lowest BCUT2D eigenvalue weighted by molar-refractivity contribution is 0.592. The Morgan fingerprint density at radius 2 is 1.29 bits per heavy atom. The molecule has 4 aromatic rings. The van der Waals surface area contributed by atoms with Crippen LogP contribution < -0.4 is 15.6 Å². The van der Waals surface area contributed by atoms with Crippen molar-refractivity contribution in [1.29, 1.82) is 0 Å². The number of hydrogen-bond acceptors (Lipinski definition) is 2. The van der Waals surface area contributed by atoms with Crippen LogP contribution in [0.2, 0.25) is 0 Å². The summed E-state index contributed by atoms with van der Waals surface area (Å²) in [5, 5.41) is 0. The maximum Gasteiger partial charge on any atom is 0.426 e. The van der Waals surface area contributed by atoms with Gasteiger partial charge >= 0.3 is 6.92 Å². The maximum absolute atomic E-state index is 6.58. The van der Waals surface area contributed by atoms with Crippen molar-refractivity contribution in [1.82, 2.24) is 0 Å². The Morgan fingerprint density at radius 3 is 1.90 bits per heavy atom. The highest BCUT2D eigenvalue weighted by molar-refractivity contribution is 6.80. The second-order valence-corrected chi connectivity index (χ2v) is 7.34. The Kier molecular flexibility index (Phi) is 6.76. The molecule has 0 amide bonds. The first-order valence-electron chi connectivity index (χ1n) is 10.4. The molecular weight excluding hydrogens is 377 g/mol. The highest BCUT2D eigenvalue weighted by Gasteiger charge is 2.24. The third kappa shape index (κ3) is 5.61. The van der Waals surface area contributed by atoms with E-state index in [1.807, 2.05) is 85.1 Å². The molecule has 0 aliphatic carbocycles. The van der Waals surface area contributed by atoms with Crippen LogP contribution in [0.15, 0.2) is 120 Å². The molecule has 0 heterocycles. The van der Waals surface area contributed by atoms with Crippen LogP contribution in [0.25, 0.3) is 6.08 Å². The zero-order valence-corrected chi connectivity index (χ0v) is 17.6. The number of nitrogens with zero attached hydrogens (tertiary/aromatic N) is 1. The Hall–Kier alpha value is -3.85. The van der Waals surface area contributed by atoms with E-state index in [2.05, 4.69) is 54.4 Å². The van der Waals surface area contributed by atoms with Gasteiger partial charge in [0, 0.05) is 6.21 Å². The van der Waals surface area contributed by atoms with Crippen molar-refractivity contribution >= 4 is 35.8 Å². The third-order valence-corrected chi connectivity index (χ3v) is 4.95. The van der Waals surface area contributed by atoms with Crippen molar-refractivity contribution in [2.45, 2.75) is 6.92 Å². The smallest absolute Gasteiger partial charge is 0.426 e. The average molecular weight is 401 g/mol. The van der Waals surface area contributed by atoms with Gasteiger partial charge in [-0.25, -0.2) is 0 Å². The molecule has 4 aromatic carbocycles. The number of benzene rings is 4. The molecular formula is C28H24BNO. The minimum Gasteiger partial charge on any atom is -0.550 e. The van der Waals surface area contributed by atoms with Crippen LogP contribution in [0.5, 0.6) is 5.75 Å². The van der Waals surface area contributed by atoms with Crippen LogP contribution in [0.4, 0.5) is 5.69 Å². The number of rotatable bonds is 7. The molecule has 0 aliphatic heterocycles.